The molecule has 0 fully saturated rings. The first-order chi connectivity index (χ1) is 9.04. The second kappa shape index (κ2) is 6.52. The van der Waals surface area contributed by atoms with Crippen LogP contribution in [0.2, 0.25) is 5.02 Å². The Bertz CT molecular complexity index is 606. The molecule has 0 heterocycles. The molecule has 1 nitrogen and oxygen atoms in total. The van der Waals surface area contributed by atoms with Crippen molar-refractivity contribution in [2.24, 2.45) is 0 Å². The van der Waals surface area contributed by atoms with Crippen molar-refractivity contribution in [3.63, 3.8) is 0 Å². The minimum atomic E-state index is -0.282. The minimum absolute atomic E-state index is 0.223. The van der Waals surface area contributed by atoms with Gasteiger partial charge in [-0.3, -0.25) is 0 Å². The van der Waals surface area contributed by atoms with Gasteiger partial charge in [-0.2, -0.15) is 0 Å². The van der Waals surface area contributed by atoms with E-state index in [0.29, 0.717) is 15.1 Å². The van der Waals surface area contributed by atoms with Crippen molar-refractivity contribution < 1.29 is 4.39 Å². The number of rotatable bonds is 3. The van der Waals surface area contributed by atoms with Crippen molar-refractivity contribution in [3.8, 4) is 0 Å². The third-order valence-electron chi connectivity index (χ3n) is 2.86. The van der Waals surface area contributed by atoms with Crippen LogP contribution in [0.4, 0.5) is 4.39 Å². The van der Waals surface area contributed by atoms with E-state index in [0.717, 1.165) is 9.13 Å². The predicted molar refractivity (Wildman–Crippen MR) is 89.2 cm³/mol. The van der Waals surface area contributed by atoms with Gasteiger partial charge in [0, 0.05) is 13.6 Å². The van der Waals surface area contributed by atoms with E-state index >= 15 is 0 Å². The van der Waals surface area contributed by atoms with Crippen molar-refractivity contribution in [1.82, 2.24) is 5.32 Å². The molecule has 1 N–H and O–H groups in total. The molecule has 1 unspecified atom stereocenters. The molecule has 2 rings (SSSR count). The average Bonchev–Trinajstić information content (AvgIpc) is 2.38. The van der Waals surface area contributed by atoms with Crippen molar-refractivity contribution in [2.75, 3.05) is 7.05 Å². The Morgan fingerprint density at radius 1 is 1.26 bits per heavy atom. The van der Waals surface area contributed by atoms with E-state index in [4.69, 9.17) is 11.6 Å². The van der Waals surface area contributed by atoms with Crippen LogP contribution >= 0.6 is 50.1 Å². The SMILES string of the molecule is CNC(c1cc(Cl)c(Br)cc1F)c1ccccc1I. The highest BCUT2D eigenvalue weighted by molar-refractivity contribution is 14.1. The van der Waals surface area contributed by atoms with Gasteiger partial charge in [-0.15, -0.1) is 0 Å². The predicted octanol–water partition coefficient (Wildman–Crippen LogP) is 5.16. The lowest BCUT2D eigenvalue weighted by Crippen LogP contribution is -2.20. The van der Waals surface area contributed by atoms with Crippen molar-refractivity contribution >= 4 is 50.1 Å². The highest BCUT2D eigenvalue weighted by Crippen LogP contribution is 2.32. The molecule has 0 bridgehead atoms. The number of nitrogens with one attached hydrogen (secondary N) is 1. The van der Waals surface area contributed by atoms with Crippen molar-refractivity contribution in [3.05, 3.63) is 66.4 Å². The third kappa shape index (κ3) is 3.29. The summed E-state index contributed by atoms with van der Waals surface area (Å²) < 4.78 is 15.8. The van der Waals surface area contributed by atoms with Gasteiger partial charge in [-0.1, -0.05) is 29.8 Å². The minimum Gasteiger partial charge on any atom is -0.309 e. The van der Waals surface area contributed by atoms with Crippen molar-refractivity contribution in [1.29, 1.82) is 0 Å². The molecule has 0 spiro atoms. The van der Waals surface area contributed by atoms with E-state index in [1.165, 1.54) is 6.07 Å². The first-order valence-electron chi connectivity index (χ1n) is 5.60. The van der Waals surface area contributed by atoms with Crippen LogP contribution in [0.3, 0.4) is 0 Å². The molecule has 0 saturated carbocycles. The molecule has 0 radical (unpaired) electrons. The lowest BCUT2D eigenvalue weighted by atomic mass is 9.98. The summed E-state index contributed by atoms with van der Waals surface area (Å²) in [6, 6.07) is 10.7. The van der Waals surface area contributed by atoms with Gasteiger partial charge in [0.25, 0.3) is 0 Å². The fourth-order valence-corrected chi connectivity index (χ4v) is 3.13. The zero-order valence-electron chi connectivity index (χ0n) is 10.1. The maximum atomic E-state index is 14.2. The van der Waals surface area contributed by atoms with Gasteiger partial charge >= 0.3 is 0 Å². The molecule has 2 aromatic rings. The lowest BCUT2D eigenvalue weighted by Gasteiger charge is -2.20. The molecule has 0 aliphatic heterocycles. The van der Waals surface area contributed by atoms with Crippen LogP contribution in [0.1, 0.15) is 17.2 Å². The van der Waals surface area contributed by atoms with Gasteiger partial charge in [0.1, 0.15) is 5.82 Å². The topological polar surface area (TPSA) is 12.0 Å². The Kier molecular flexibility index (Phi) is 5.22. The summed E-state index contributed by atoms with van der Waals surface area (Å²) in [7, 11) is 1.81. The highest BCUT2D eigenvalue weighted by atomic mass is 127. The highest BCUT2D eigenvalue weighted by Gasteiger charge is 2.19. The number of benzene rings is 2. The molecule has 0 saturated heterocycles. The van der Waals surface area contributed by atoms with Crippen molar-refractivity contribution in [2.45, 2.75) is 6.04 Å². The van der Waals surface area contributed by atoms with Crippen LogP contribution in [-0.4, -0.2) is 7.05 Å². The summed E-state index contributed by atoms with van der Waals surface area (Å²) >= 11 is 11.5. The molecule has 5 heteroatoms. The standard InChI is InChI=1S/C14H11BrClFIN/c1-19-14(8-4-2-3-5-13(8)18)9-6-11(16)10(15)7-12(9)17/h2-7,14,19H,1H3. The van der Waals surface area contributed by atoms with Gasteiger partial charge in [0.2, 0.25) is 0 Å². The molecule has 19 heavy (non-hydrogen) atoms. The van der Waals surface area contributed by atoms with Crippen LogP contribution in [-0.2, 0) is 0 Å². The normalized spacial score (nSPS) is 12.5. The Balaban J connectivity index is 2.55. The van der Waals surface area contributed by atoms with E-state index in [9.17, 15) is 4.39 Å². The summed E-state index contributed by atoms with van der Waals surface area (Å²) in [5, 5.41) is 3.65. The van der Waals surface area contributed by atoms with E-state index in [-0.39, 0.29) is 11.9 Å². The number of halogens is 4. The molecule has 0 aliphatic rings. The summed E-state index contributed by atoms with van der Waals surface area (Å²) in [5.41, 5.74) is 1.57. The smallest absolute Gasteiger partial charge is 0.129 e. The van der Waals surface area contributed by atoms with Gasteiger partial charge in [-0.05, 0) is 69.3 Å². The van der Waals surface area contributed by atoms with Gasteiger partial charge < -0.3 is 5.32 Å². The summed E-state index contributed by atoms with van der Waals surface area (Å²) in [4.78, 5) is 0. The molecular formula is C14H11BrClFIN. The third-order valence-corrected chi connectivity index (χ3v) is 5.03. The Hall–Kier alpha value is -0.170. The van der Waals surface area contributed by atoms with Crippen LogP contribution in [0.25, 0.3) is 0 Å². The van der Waals surface area contributed by atoms with Gasteiger partial charge in [-0.25, -0.2) is 4.39 Å². The molecule has 1 atom stereocenters. The molecule has 2 aromatic carbocycles. The zero-order valence-corrected chi connectivity index (χ0v) is 14.6. The molecule has 0 aliphatic carbocycles. The van der Waals surface area contributed by atoms with E-state index in [2.05, 4.69) is 43.8 Å². The maximum Gasteiger partial charge on any atom is 0.129 e. The lowest BCUT2D eigenvalue weighted by molar-refractivity contribution is 0.574. The summed E-state index contributed by atoms with van der Waals surface area (Å²) in [6.07, 6.45) is 0. The Morgan fingerprint density at radius 2 is 1.95 bits per heavy atom. The Morgan fingerprint density at radius 3 is 2.58 bits per heavy atom. The zero-order chi connectivity index (χ0) is 14.0. The van der Waals surface area contributed by atoms with E-state index in [1.54, 1.807) is 6.07 Å². The van der Waals surface area contributed by atoms with Crippen LogP contribution < -0.4 is 5.32 Å². The fraction of sp³-hybridized carbons (Fsp3) is 0.143. The van der Waals surface area contributed by atoms with Crippen LogP contribution in [0.5, 0.6) is 0 Å². The monoisotopic (exact) mass is 453 g/mol. The average molecular weight is 455 g/mol. The van der Waals surface area contributed by atoms with Crippen LogP contribution in [0, 0.1) is 9.39 Å². The number of hydrogen-bond acceptors (Lipinski definition) is 1. The molecule has 100 valence electrons. The summed E-state index contributed by atoms with van der Waals surface area (Å²) in [6.45, 7) is 0. The number of hydrogen-bond donors (Lipinski definition) is 1. The quantitative estimate of drug-likeness (QED) is 0.499. The second-order valence-corrected chi connectivity index (χ2v) is 6.45. The Labute approximate surface area is 138 Å². The van der Waals surface area contributed by atoms with Gasteiger partial charge in [0.05, 0.1) is 11.1 Å². The second-order valence-electron chi connectivity index (χ2n) is 4.03. The first-order valence-corrected chi connectivity index (χ1v) is 7.85. The first kappa shape index (κ1) is 15.2. The largest absolute Gasteiger partial charge is 0.309 e. The van der Waals surface area contributed by atoms with Gasteiger partial charge in [0.15, 0.2) is 0 Å². The van der Waals surface area contributed by atoms with E-state index < -0.39 is 0 Å². The van der Waals surface area contributed by atoms with Crippen LogP contribution in [0.15, 0.2) is 40.9 Å². The maximum absolute atomic E-state index is 14.2. The summed E-state index contributed by atoms with van der Waals surface area (Å²) in [5.74, 6) is -0.282. The van der Waals surface area contributed by atoms with E-state index in [1.807, 2.05) is 31.3 Å². The fourth-order valence-electron chi connectivity index (χ4n) is 1.95. The molecular weight excluding hydrogens is 443 g/mol. The molecule has 0 amide bonds. The molecule has 0 aromatic heterocycles.